The third-order valence-electron chi connectivity index (χ3n) is 3.35. The van der Waals surface area contributed by atoms with Gasteiger partial charge in [-0.1, -0.05) is 6.92 Å². The van der Waals surface area contributed by atoms with Crippen molar-refractivity contribution in [3.8, 4) is 0 Å². The molecule has 1 amide bonds. The van der Waals surface area contributed by atoms with E-state index < -0.39 is 5.54 Å². The lowest BCUT2D eigenvalue weighted by Gasteiger charge is -2.28. The third kappa shape index (κ3) is 5.91. The lowest BCUT2D eigenvalue weighted by atomic mass is 9.94. The van der Waals surface area contributed by atoms with Crippen LogP contribution in [0.5, 0.6) is 0 Å². The molecule has 5 nitrogen and oxygen atoms in total. The number of esters is 1. The highest BCUT2D eigenvalue weighted by Crippen LogP contribution is 2.15. The summed E-state index contributed by atoms with van der Waals surface area (Å²) in [5.41, 5.74) is 0.0158. The van der Waals surface area contributed by atoms with Gasteiger partial charge in [0.15, 0.2) is 0 Å². The first-order chi connectivity index (χ1) is 9.88. The first-order valence-corrected chi connectivity index (χ1v) is 6.76. The molecule has 0 fully saturated rings. The Labute approximate surface area is 123 Å². The Morgan fingerprint density at radius 2 is 1.90 bits per heavy atom. The van der Waals surface area contributed by atoms with Crippen LogP contribution in [-0.2, 0) is 14.3 Å². The fourth-order valence-electron chi connectivity index (χ4n) is 1.74. The van der Waals surface area contributed by atoms with Crippen molar-refractivity contribution in [2.24, 2.45) is 0 Å². The topological polar surface area (TPSA) is 67.4 Å². The molecule has 1 atom stereocenters. The van der Waals surface area contributed by atoms with Gasteiger partial charge < -0.3 is 15.4 Å². The average Bonchev–Trinajstić information content (AvgIpc) is 2.47. The number of carbonyl (C=O) groups is 2. The van der Waals surface area contributed by atoms with Crippen LogP contribution in [0, 0.1) is 5.82 Å². The summed E-state index contributed by atoms with van der Waals surface area (Å²) in [5, 5.41) is 5.70. The highest BCUT2D eigenvalue weighted by molar-refractivity contribution is 5.92. The van der Waals surface area contributed by atoms with Crippen molar-refractivity contribution in [3.05, 3.63) is 30.1 Å². The van der Waals surface area contributed by atoms with Crippen molar-refractivity contribution in [2.75, 3.05) is 19.0 Å². The minimum absolute atomic E-state index is 0.0543. The number of halogens is 1. The standard InChI is InChI=1S/C15H21FN2O3/c1-4-15(2,9-14(20)21-3)17-10-13(19)18-12-7-5-11(16)6-8-12/h5-8,17H,4,9-10H2,1-3H3,(H,18,19)/t15-/m1/s1. The highest BCUT2D eigenvalue weighted by atomic mass is 19.1. The minimum Gasteiger partial charge on any atom is -0.469 e. The van der Waals surface area contributed by atoms with Crippen LogP contribution in [0.4, 0.5) is 10.1 Å². The van der Waals surface area contributed by atoms with Gasteiger partial charge in [0.1, 0.15) is 5.82 Å². The molecule has 2 N–H and O–H groups in total. The van der Waals surface area contributed by atoms with Crippen molar-refractivity contribution < 1.29 is 18.7 Å². The maximum atomic E-state index is 12.8. The first kappa shape index (κ1) is 17.1. The van der Waals surface area contributed by atoms with E-state index in [2.05, 4.69) is 15.4 Å². The molecule has 1 aromatic rings. The van der Waals surface area contributed by atoms with Crippen molar-refractivity contribution >= 4 is 17.6 Å². The number of nitrogens with one attached hydrogen (secondary N) is 2. The van der Waals surface area contributed by atoms with Crippen molar-refractivity contribution in [1.29, 1.82) is 0 Å². The maximum Gasteiger partial charge on any atom is 0.307 e. The summed E-state index contributed by atoms with van der Waals surface area (Å²) in [5.74, 6) is -0.945. The summed E-state index contributed by atoms with van der Waals surface area (Å²) in [6.45, 7) is 3.83. The Bertz CT molecular complexity index is 490. The smallest absolute Gasteiger partial charge is 0.307 e. The Morgan fingerprint density at radius 3 is 2.43 bits per heavy atom. The van der Waals surface area contributed by atoms with Gasteiger partial charge >= 0.3 is 5.97 Å². The van der Waals surface area contributed by atoms with Crippen LogP contribution in [0.3, 0.4) is 0 Å². The van der Waals surface area contributed by atoms with Crippen LogP contribution < -0.4 is 10.6 Å². The first-order valence-electron chi connectivity index (χ1n) is 6.76. The molecule has 21 heavy (non-hydrogen) atoms. The largest absolute Gasteiger partial charge is 0.469 e. The van der Waals surface area contributed by atoms with Crippen molar-refractivity contribution in [3.63, 3.8) is 0 Å². The van der Waals surface area contributed by atoms with Crippen molar-refractivity contribution in [2.45, 2.75) is 32.2 Å². The molecular formula is C15H21FN2O3. The summed E-state index contributed by atoms with van der Waals surface area (Å²) in [6.07, 6.45) is 0.857. The van der Waals surface area contributed by atoms with Gasteiger partial charge in [0.2, 0.25) is 5.91 Å². The Hall–Kier alpha value is -1.95. The van der Waals surface area contributed by atoms with Gasteiger partial charge in [0.05, 0.1) is 20.1 Å². The Kier molecular flexibility index (Phi) is 6.30. The summed E-state index contributed by atoms with van der Waals surface area (Å²) < 4.78 is 17.4. The number of benzene rings is 1. The number of ether oxygens (including phenoxy) is 1. The molecule has 0 saturated carbocycles. The number of carbonyl (C=O) groups excluding carboxylic acids is 2. The SMILES string of the molecule is CC[C@](C)(CC(=O)OC)NCC(=O)Nc1ccc(F)cc1. The van der Waals surface area contributed by atoms with Crippen LogP contribution in [0.1, 0.15) is 26.7 Å². The van der Waals surface area contributed by atoms with Gasteiger partial charge in [-0.2, -0.15) is 0 Å². The molecule has 6 heteroatoms. The second-order valence-electron chi connectivity index (χ2n) is 5.08. The van der Waals surface area contributed by atoms with E-state index in [-0.39, 0.29) is 30.7 Å². The summed E-state index contributed by atoms with van der Waals surface area (Å²) in [7, 11) is 1.33. The zero-order valence-corrected chi connectivity index (χ0v) is 12.5. The number of anilines is 1. The molecule has 0 bridgehead atoms. The fourth-order valence-corrected chi connectivity index (χ4v) is 1.74. The molecule has 0 unspecified atom stereocenters. The van der Waals surface area contributed by atoms with Gasteiger partial charge in [-0.3, -0.25) is 9.59 Å². The number of rotatable bonds is 7. The zero-order valence-electron chi connectivity index (χ0n) is 12.5. The van der Waals surface area contributed by atoms with E-state index in [0.717, 1.165) is 0 Å². The van der Waals surface area contributed by atoms with E-state index in [1.807, 2.05) is 13.8 Å². The molecule has 0 aliphatic heterocycles. The predicted molar refractivity (Wildman–Crippen MR) is 78.4 cm³/mol. The number of methoxy groups -OCH3 is 1. The van der Waals surface area contributed by atoms with E-state index in [0.29, 0.717) is 12.1 Å². The lowest BCUT2D eigenvalue weighted by molar-refractivity contribution is -0.142. The van der Waals surface area contributed by atoms with Crippen LogP contribution in [-0.4, -0.2) is 31.1 Å². The molecule has 0 aromatic heterocycles. The molecule has 0 aliphatic rings. The van der Waals surface area contributed by atoms with Crippen LogP contribution in [0.2, 0.25) is 0 Å². The molecular weight excluding hydrogens is 275 g/mol. The van der Waals surface area contributed by atoms with Crippen LogP contribution >= 0.6 is 0 Å². The minimum atomic E-state index is -0.507. The predicted octanol–water partition coefficient (Wildman–Crippen LogP) is 2.09. The van der Waals surface area contributed by atoms with Gasteiger partial charge in [-0.25, -0.2) is 4.39 Å². The van der Waals surface area contributed by atoms with Gasteiger partial charge in [0, 0.05) is 11.2 Å². The normalized spacial score (nSPS) is 13.3. The Morgan fingerprint density at radius 1 is 1.29 bits per heavy atom. The Balaban J connectivity index is 2.50. The molecule has 0 spiro atoms. The van der Waals surface area contributed by atoms with E-state index in [4.69, 9.17) is 0 Å². The summed E-state index contributed by atoms with van der Waals surface area (Å²) in [6, 6.07) is 5.52. The molecule has 1 aromatic carbocycles. The monoisotopic (exact) mass is 296 g/mol. The molecule has 0 saturated heterocycles. The molecule has 0 radical (unpaired) electrons. The van der Waals surface area contributed by atoms with Gasteiger partial charge in [-0.05, 0) is 37.6 Å². The van der Waals surface area contributed by atoms with E-state index >= 15 is 0 Å². The fraction of sp³-hybridized carbons (Fsp3) is 0.467. The van der Waals surface area contributed by atoms with E-state index in [1.54, 1.807) is 0 Å². The second kappa shape index (κ2) is 7.73. The molecule has 0 aliphatic carbocycles. The quantitative estimate of drug-likeness (QED) is 0.756. The van der Waals surface area contributed by atoms with Gasteiger partial charge in [-0.15, -0.1) is 0 Å². The van der Waals surface area contributed by atoms with E-state index in [1.165, 1.54) is 31.4 Å². The van der Waals surface area contributed by atoms with Crippen LogP contribution in [0.15, 0.2) is 24.3 Å². The summed E-state index contributed by atoms with van der Waals surface area (Å²) >= 11 is 0. The second-order valence-corrected chi connectivity index (χ2v) is 5.08. The molecule has 1 rings (SSSR count). The zero-order chi connectivity index (χ0) is 15.9. The summed E-state index contributed by atoms with van der Waals surface area (Å²) in [4.78, 5) is 23.2. The van der Waals surface area contributed by atoms with E-state index in [9.17, 15) is 14.0 Å². The van der Waals surface area contributed by atoms with Crippen LogP contribution in [0.25, 0.3) is 0 Å². The number of hydrogen-bond donors (Lipinski definition) is 2. The molecule has 0 heterocycles. The number of hydrogen-bond acceptors (Lipinski definition) is 4. The highest BCUT2D eigenvalue weighted by Gasteiger charge is 2.26. The van der Waals surface area contributed by atoms with Crippen molar-refractivity contribution in [1.82, 2.24) is 5.32 Å². The third-order valence-corrected chi connectivity index (χ3v) is 3.35. The number of amides is 1. The maximum absolute atomic E-state index is 12.8. The van der Waals surface area contributed by atoms with Gasteiger partial charge in [0.25, 0.3) is 0 Å². The lowest BCUT2D eigenvalue weighted by Crippen LogP contribution is -2.47. The molecule has 116 valence electrons. The average molecular weight is 296 g/mol.